The molecule has 1 saturated heterocycles. The van der Waals surface area contributed by atoms with E-state index in [4.69, 9.17) is 11.6 Å². The molecule has 1 fully saturated rings. The molecule has 4 heterocycles. The Labute approximate surface area is 178 Å². The maximum Gasteiger partial charge on any atom is 0.255 e. The molecule has 0 spiro atoms. The Kier molecular flexibility index (Phi) is 4.75. The summed E-state index contributed by atoms with van der Waals surface area (Å²) in [5, 5.41) is 6.24. The summed E-state index contributed by atoms with van der Waals surface area (Å²) >= 11 is 6.24. The summed E-state index contributed by atoms with van der Waals surface area (Å²) in [6, 6.07) is 10.0. The van der Waals surface area contributed by atoms with Crippen LogP contribution in [0, 0.1) is 5.82 Å². The monoisotopic (exact) mass is 423 g/mol. The van der Waals surface area contributed by atoms with Gasteiger partial charge in [-0.05, 0) is 43.2 Å². The van der Waals surface area contributed by atoms with Crippen LogP contribution in [0.5, 0.6) is 0 Å². The molecule has 0 bridgehead atoms. The second kappa shape index (κ2) is 7.57. The predicted molar refractivity (Wildman–Crippen MR) is 115 cm³/mol. The first-order valence-electron chi connectivity index (χ1n) is 9.85. The topological polar surface area (TPSA) is 70.2 Å². The number of carbonyl (C=O) groups excluding carboxylic acids is 1. The van der Waals surface area contributed by atoms with Crippen LogP contribution in [-0.2, 0) is 6.54 Å². The average Bonchev–Trinajstić information content (AvgIpc) is 3.39. The lowest BCUT2D eigenvalue weighted by Gasteiger charge is -2.17. The zero-order chi connectivity index (χ0) is 20.7. The Morgan fingerprint density at radius 1 is 1.13 bits per heavy atom. The zero-order valence-electron chi connectivity index (χ0n) is 16.1. The van der Waals surface area contributed by atoms with Crippen molar-refractivity contribution in [1.82, 2.24) is 15.3 Å². The van der Waals surface area contributed by atoms with E-state index in [1.165, 1.54) is 18.9 Å². The summed E-state index contributed by atoms with van der Waals surface area (Å²) in [4.78, 5) is 23.7. The lowest BCUT2D eigenvalue weighted by atomic mass is 10.1. The van der Waals surface area contributed by atoms with E-state index < -0.39 is 5.82 Å². The predicted octanol–water partition coefficient (Wildman–Crippen LogP) is 4.52. The summed E-state index contributed by atoms with van der Waals surface area (Å²) in [6.07, 6.45) is 4.21. The van der Waals surface area contributed by atoms with Gasteiger partial charge in [-0.2, -0.15) is 0 Å². The number of benzene rings is 1. The molecule has 152 valence electrons. The van der Waals surface area contributed by atoms with Crippen molar-refractivity contribution in [3.05, 3.63) is 64.7 Å². The third-order valence-electron chi connectivity index (χ3n) is 5.44. The van der Waals surface area contributed by atoms with E-state index in [0.29, 0.717) is 28.5 Å². The molecule has 5 rings (SSSR count). The van der Waals surface area contributed by atoms with Crippen molar-refractivity contribution in [2.75, 3.05) is 23.3 Å². The number of rotatable bonds is 4. The maximum atomic E-state index is 14.5. The van der Waals surface area contributed by atoms with E-state index in [9.17, 15) is 9.18 Å². The van der Waals surface area contributed by atoms with Crippen LogP contribution in [0.2, 0.25) is 5.02 Å². The molecule has 2 aliphatic heterocycles. The number of halogens is 2. The molecule has 0 radical (unpaired) electrons. The van der Waals surface area contributed by atoms with Crippen molar-refractivity contribution in [3.8, 4) is 11.3 Å². The van der Waals surface area contributed by atoms with Gasteiger partial charge < -0.3 is 15.5 Å². The van der Waals surface area contributed by atoms with Gasteiger partial charge in [-0.1, -0.05) is 17.7 Å². The lowest BCUT2D eigenvalue weighted by molar-refractivity contribution is 0.0966. The van der Waals surface area contributed by atoms with Gasteiger partial charge in [0, 0.05) is 13.1 Å². The molecule has 8 heteroatoms. The molecule has 2 N–H and O–H groups in total. The minimum Gasteiger partial charge on any atom is -0.370 e. The second-order valence-electron chi connectivity index (χ2n) is 7.38. The summed E-state index contributed by atoms with van der Waals surface area (Å²) in [5.74, 6) is -0.0947. The van der Waals surface area contributed by atoms with E-state index in [1.54, 1.807) is 18.2 Å². The lowest BCUT2D eigenvalue weighted by Crippen LogP contribution is -2.17. The quantitative estimate of drug-likeness (QED) is 0.645. The number of nitrogens with zero attached hydrogens (tertiary/aromatic N) is 3. The van der Waals surface area contributed by atoms with Crippen LogP contribution in [0.4, 0.5) is 21.6 Å². The molecule has 2 aromatic heterocycles. The fraction of sp³-hybridized carbons (Fsp3) is 0.227. The number of aromatic nitrogens is 2. The molecule has 3 aromatic rings. The molecule has 0 saturated carbocycles. The molecule has 1 amide bonds. The Balaban J connectivity index is 1.53. The van der Waals surface area contributed by atoms with Crippen LogP contribution in [0.25, 0.3) is 11.3 Å². The third-order valence-corrected chi connectivity index (χ3v) is 5.75. The van der Waals surface area contributed by atoms with Crippen LogP contribution in [-0.4, -0.2) is 29.0 Å². The van der Waals surface area contributed by atoms with Gasteiger partial charge in [-0.3, -0.25) is 4.79 Å². The van der Waals surface area contributed by atoms with Gasteiger partial charge in [0.15, 0.2) is 0 Å². The Morgan fingerprint density at radius 3 is 2.70 bits per heavy atom. The van der Waals surface area contributed by atoms with E-state index in [-0.39, 0.29) is 23.0 Å². The van der Waals surface area contributed by atoms with Crippen LogP contribution >= 0.6 is 11.6 Å². The minimum atomic E-state index is -0.466. The Bertz CT molecular complexity index is 1110. The Hall–Kier alpha value is -3.19. The highest BCUT2D eigenvalue weighted by Gasteiger charge is 2.27. The molecular formula is C22H19ClFN5O. The average molecular weight is 424 g/mol. The van der Waals surface area contributed by atoms with Gasteiger partial charge in [0.05, 0.1) is 51.7 Å². The first kappa shape index (κ1) is 18.8. The maximum absolute atomic E-state index is 14.5. The number of carbonyl (C=O) groups is 1. The standard InChI is InChI=1S/C22H19ClFN5O/c23-14-4-3-5-15(24)20(14)16-10-17(21-18(27-16)12-26-22(21)30)28-19-7-6-13(11-25-19)29-8-1-2-9-29/h3-7,10-11H,1-2,8-9,12H2,(H,26,30)(H,25,27,28). The van der Waals surface area contributed by atoms with Gasteiger partial charge in [0.25, 0.3) is 5.91 Å². The molecule has 0 aliphatic carbocycles. The number of hydrogen-bond acceptors (Lipinski definition) is 5. The third kappa shape index (κ3) is 3.35. The Morgan fingerprint density at radius 2 is 1.97 bits per heavy atom. The van der Waals surface area contributed by atoms with Crippen molar-refractivity contribution < 1.29 is 9.18 Å². The summed E-state index contributed by atoms with van der Waals surface area (Å²) < 4.78 is 14.5. The summed E-state index contributed by atoms with van der Waals surface area (Å²) in [5.41, 5.74) is 3.16. The van der Waals surface area contributed by atoms with Gasteiger partial charge >= 0.3 is 0 Å². The van der Waals surface area contributed by atoms with E-state index in [1.807, 2.05) is 18.3 Å². The number of amides is 1. The van der Waals surface area contributed by atoms with E-state index >= 15 is 0 Å². The molecule has 6 nitrogen and oxygen atoms in total. The highest BCUT2D eigenvalue weighted by molar-refractivity contribution is 6.33. The van der Waals surface area contributed by atoms with Crippen LogP contribution in [0.3, 0.4) is 0 Å². The van der Waals surface area contributed by atoms with E-state index in [0.717, 1.165) is 18.8 Å². The smallest absolute Gasteiger partial charge is 0.255 e. The fourth-order valence-corrected chi connectivity index (χ4v) is 4.22. The highest BCUT2D eigenvalue weighted by atomic mass is 35.5. The summed E-state index contributed by atoms with van der Waals surface area (Å²) in [7, 11) is 0. The molecule has 0 atom stereocenters. The van der Waals surface area contributed by atoms with Crippen molar-refractivity contribution in [1.29, 1.82) is 0 Å². The largest absolute Gasteiger partial charge is 0.370 e. The van der Waals surface area contributed by atoms with Crippen molar-refractivity contribution in [2.24, 2.45) is 0 Å². The number of hydrogen-bond donors (Lipinski definition) is 2. The second-order valence-corrected chi connectivity index (χ2v) is 7.78. The van der Waals surface area contributed by atoms with Gasteiger partial charge in [0.1, 0.15) is 11.6 Å². The molecular weight excluding hydrogens is 405 g/mol. The van der Waals surface area contributed by atoms with E-state index in [2.05, 4.69) is 25.5 Å². The van der Waals surface area contributed by atoms with Crippen molar-refractivity contribution in [2.45, 2.75) is 19.4 Å². The normalized spacial score (nSPS) is 15.3. The van der Waals surface area contributed by atoms with Crippen LogP contribution in [0.1, 0.15) is 28.9 Å². The van der Waals surface area contributed by atoms with Crippen molar-refractivity contribution in [3.63, 3.8) is 0 Å². The number of fused-ring (bicyclic) bond motifs is 1. The summed E-state index contributed by atoms with van der Waals surface area (Å²) in [6.45, 7) is 2.36. The first-order chi connectivity index (χ1) is 14.6. The number of nitrogens with one attached hydrogen (secondary N) is 2. The molecule has 2 aliphatic rings. The fourth-order valence-electron chi connectivity index (χ4n) is 3.96. The first-order valence-corrected chi connectivity index (χ1v) is 10.2. The SMILES string of the molecule is O=C1NCc2nc(-c3c(F)cccc3Cl)cc(Nc3ccc(N4CCCC4)cn3)c21. The van der Waals surface area contributed by atoms with Crippen LogP contribution in [0.15, 0.2) is 42.6 Å². The molecule has 0 unspecified atom stereocenters. The van der Waals surface area contributed by atoms with Gasteiger partial charge in [-0.25, -0.2) is 14.4 Å². The molecule has 1 aromatic carbocycles. The van der Waals surface area contributed by atoms with Gasteiger partial charge in [0.2, 0.25) is 0 Å². The molecule has 30 heavy (non-hydrogen) atoms. The minimum absolute atomic E-state index is 0.210. The van der Waals surface area contributed by atoms with Crippen LogP contribution < -0.4 is 15.5 Å². The number of pyridine rings is 2. The van der Waals surface area contributed by atoms with Gasteiger partial charge in [-0.15, -0.1) is 0 Å². The highest BCUT2D eigenvalue weighted by Crippen LogP contribution is 2.35. The number of anilines is 3. The zero-order valence-corrected chi connectivity index (χ0v) is 16.8. The van der Waals surface area contributed by atoms with Crippen molar-refractivity contribution >= 4 is 34.7 Å².